The molecule has 0 spiro atoms. The summed E-state index contributed by atoms with van der Waals surface area (Å²) < 4.78 is 0. The average Bonchev–Trinajstić information content (AvgIpc) is 2.58. The van der Waals surface area contributed by atoms with E-state index in [0.29, 0.717) is 12.0 Å². The minimum atomic E-state index is -1.29. The predicted molar refractivity (Wildman–Crippen MR) is 95.1 cm³/mol. The van der Waals surface area contributed by atoms with Crippen LogP contribution in [0.4, 0.5) is 0 Å². The Morgan fingerprint density at radius 1 is 1.07 bits per heavy atom. The molecule has 0 saturated carbocycles. The topological polar surface area (TPSA) is 179 Å². The Hall–Kier alpha value is -2.63. The number of hydrogen-bond donors (Lipinski definition) is 5. The highest BCUT2D eigenvalue weighted by Gasteiger charge is 2.23. The molecule has 0 saturated heterocycles. The van der Waals surface area contributed by atoms with Gasteiger partial charge in [0.15, 0.2) is 0 Å². The van der Waals surface area contributed by atoms with Gasteiger partial charge in [0.1, 0.15) is 24.9 Å². The number of rotatable bonds is 14. The van der Waals surface area contributed by atoms with Crippen LogP contribution >= 0.6 is 11.8 Å². The van der Waals surface area contributed by atoms with Crippen LogP contribution in [0.15, 0.2) is 0 Å². The van der Waals surface area contributed by atoms with E-state index in [1.165, 1.54) is 11.8 Å². The van der Waals surface area contributed by atoms with Gasteiger partial charge in [-0.2, -0.15) is 11.8 Å². The smallest absolute Gasteiger partial charge is 0.326 e. The van der Waals surface area contributed by atoms with Crippen molar-refractivity contribution >= 4 is 47.7 Å². The molecule has 3 amide bonds. The lowest BCUT2D eigenvalue weighted by atomic mass is 10.1. The van der Waals surface area contributed by atoms with Gasteiger partial charge in [-0.25, -0.2) is 4.79 Å². The first-order chi connectivity index (χ1) is 12.7. The quantitative estimate of drug-likeness (QED) is 0.167. The van der Waals surface area contributed by atoms with Gasteiger partial charge in [0, 0.05) is 25.5 Å². The molecule has 0 aromatic heterocycles. The predicted octanol–water partition coefficient (Wildman–Crippen LogP) is -1.64. The number of nitrogens with one attached hydrogen (secondary N) is 3. The third-order valence-corrected chi connectivity index (χ3v) is 4.16. The van der Waals surface area contributed by atoms with E-state index in [4.69, 9.17) is 10.2 Å². The summed E-state index contributed by atoms with van der Waals surface area (Å²) in [5.41, 5.74) is 0. The SMILES string of the molecule is CC(=O)N[C@@H](CCC(=O)N[C@@H](CSCCC=O)C(=O)NCC(=O)O)C(=O)O. The number of thioether (sulfide) groups is 1. The van der Waals surface area contributed by atoms with Crippen molar-refractivity contribution in [3.05, 3.63) is 0 Å². The summed E-state index contributed by atoms with van der Waals surface area (Å²) in [7, 11) is 0. The number of carboxylic acid groups (broad SMARTS) is 2. The van der Waals surface area contributed by atoms with E-state index >= 15 is 0 Å². The lowest BCUT2D eigenvalue weighted by Crippen LogP contribution is -2.49. The standard InChI is InChI=1S/C15H23N3O8S/c1-9(20)17-10(15(25)26)3-4-12(21)18-11(8-27-6-2-5-19)14(24)16-7-13(22)23/h5,10-11H,2-4,6-8H2,1H3,(H,16,24)(H,17,20)(H,18,21)(H,22,23)(H,25,26)/t10-,11-/m0/s1. The molecule has 0 bridgehead atoms. The summed E-state index contributed by atoms with van der Waals surface area (Å²) in [5, 5.41) is 24.3. The van der Waals surface area contributed by atoms with Crippen molar-refractivity contribution in [3.63, 3.8) is 0 Å². The van der Waals surface area contributed by atoms with Crippen LogP contribution in [0.1, 0.15) is 26.2 Å². The maximum Gasteiger partial charge on any atom is 0.326 e. The molecule has 0 fully saturated rings. The maximum atomic E-state index is 12.0. The highest BCUT2D eigenvalue weighted by atomic mass is 32.2. The molecule has 0 aliphatic heterocycles. The first-order valence-electron chi connectivity index (χ1n) is 7.97. The summed E-state index contributed by atoms with van der Waals surface area (Å²) in [5.74, 6) is -3.90. The normalized spacial score (nSPS) is 12.3. The Labute approximate surface area is 159 Å². The van der Waals surface area contributed by atoms with E-state index in [2.05, 4.69) is 16.0 Å². The molecule has 0 aromatic rings. The molecular weight excluding hydrogens is 382 g/mol. The van der Waals surface area contributed by atoms with Crippen LogP contribution in [-0.2, 0) is 28.8 Å². The van der Waals surface area contributed by atoms with Crippen LogP contribution in [0.5, 0.6) is 0 Å². The highest BCUT2D eigenvalue weighted by molar-refractivity contribution is 7.99. The first-order valence-corrected chi connectivity index (χ1v) is 9.13. The van der Waals surface area contributed by atoms with Gasteiger partial charge in [0.05, 0.1) is 0 Å². The first kappa shape index (κ1) is 24.4. The Kier molecular flexibility index (Phi) is 12.2. The van der Waals surface area contributed by atoms with Gasteiger partial charge in [0.2, 0.25) is 17.7 Å². The molecule has 11 nitrogen and oxygen atoms in total. The molecule has 0 radical (unpaired) electrons. The van der Waals surface area contributed by atoms with Crippen LogP contribution in [0.2, 0.25) is 0 Å². The van der Waals surface area contributed by atoms with E-state index in [9.17, 15) is 28.8 Å². The van der Waals surface area contributed by atoms with Crippen molar-refractivity contribution in [2.75, 3.05) is 18.1 Å². The van der Waals surface area contributed by atoms with Gasteiger partial charge in [-0.1, -0.05) is 0 Å². The second kappa shape index (κ2) is 13.6. The van der Waals surface area contributed by atoms with Gasteiger partial charge in [-0.15, -0.1) is 0 Å². The van der Waals surface area contributed by atoms with E-state index in [1.54, 1.807) is 0 Å². The van der Waals surface area contributed by atoms with Crippen LogP contribution in [0.25, 0.3) is 0 Å². The largest absolute Gasteiger partial charge is 0.480 e. The molecule has 0 heterocycles. The third kappa shape index (κ3) is 12.4. The van der Waals surface area contributed by atoms with Crippen LogP contribution in [0, 0.1) is 0 Å². The number of carbonyl (C=O) groups is 6. The monoisotopic (exact) mass is 405 g/mol. The number of aliphatic carboxylic acids is 2. The molecule has 5 N–H and O–H groups in total. The minimum Gasteiger partial charge on any atom is -0.480 e. The molecule has 12 heteroatoms. The summed E-state index contributed by atoms with van der Waals surface area (Å²) >= 11 is 1.22. The zero-order valence-electron chi connectivity index (χ0n) is 14.7. The fourth-order valence-corrected chi connectivity index (χ4v) is 2.75. The van der Waals surface area contributed by atoms with E-state index in [0.717, 1.165) is 6.92 Å². The Bertz CT molecular complexity index is 569. The van der Waals surface area contributed by atoms with Crippen molar-refractivity contribution in [2.45, 2.75) is 38.3 Å². The minimum absolute atomic E-state index is 0.110. The van der Waals surface area contributed by atoms with Crippen molar-refractivity contribution in [3.8, 4) is 0 Å². The lowest BCUT2D eigenvalue weighted by Gasteiger charge is -2.18. The Morgan fingerprint density at radius 2 is 1.74 bits per heavy atom. The molecule has 0 aliphatic carbocycles. The Morgan fingerprint density at radius 3 is 2.26 bits per heavy atom. The summed E-state index contributed by atoms with van der Waals surface area (Å²) in [6, 6.07) is -2.29. The molecule has 2 atom stereocenters. The van der Waals surface area contributed by atoms with Crippen LogP contribution in [-0.4, -0.2) is 76.3 Å². The molecule has 27 heavy (non-hydrogen) atoms. The second-order valence-corrected chi connectivity index (χ2v) is 6.54. The molecule has 0 aliphatic rings. The van der Waals surface area contributed by atoms with Crippen molar-refractivity contribution in [1.82, 2.24) is 16.0 Å². The maximum absolute atomic E-state index is 12.0. The van der Waals surface area contributed by atoms with E-state index in [-0.39, 0.29) is 25.0 Å². The number of carboxylic acids is 2. The number of carbonyl (C=O) groups excluding carboxylic acids is 4. The van der Waals surface area contributed by atoms with Crippen molar-refractivity contribution < 1.29 is 39.0 Å². The zero-order valence-corrected chi connectivity index (χ0v) is 15.5. The molecule has 0 rings (SSSR count). The van der Waals surface area contributed by atoms with Crippen LogP contribution < -0.4 is 16.0 Å². The fourth-order valence-electron chi connectivity index (χ4n) is 1.85. The van der Waals surface area contributed by atoms with Crippen molar-refractivity contribution in [1.29, 1.82) is 0 Å². The Balaban J connectivity index is 4.70. The fraction of sp³-hybridized carbons (Fsp3) is 0.600. The lowest BCUT2D eigenvalue weighted by molar-refractivity contribution is -0.142. The summed E-state index contributed by atoms with van der Waals surface area (Å²) in [6.07, 6.45) is 0.527. The molecule has 152 valence electrons. The van der Waals surface area contributed by atoms with Crippen LogP contribution in [0.3, 0.4) is 0 Å². The van der Waals surface area contributed by atoms with Crippen molar-refractivity contribution in [2.24, 2.45) is 0 Å². The van der Waals surface area contributed by atoms with Gasteiger partial charge in [0.25, 0.3) is 0 Å². The summed E-state index contributed by atoms with van der Waals surface area (Å²) in [4.78, 5) is 66.9. The number of aldehydes is 1. The van der Waals surface area contributed by atoms with E-state index in [1.807, 2.05) is 0 Å². The second-order valence-electron chi connectivity index (χ2n) is 5.39. The zero-order chi connectivity index (χ0) is 20.8. The molecule has 0 aromatic carbocycles. The number of hydrogen-bond acceptors (Lipinski definition) is 7. The number of amides is 3. The van der Waals surface area contributed by atoms with Gasteiger partial charge in [-0.3, -0.25) is 19.2 Å². The van der Waals surface area contributed by atoms with Gasteiger partial charge < -0.3 is 31.0 Å². The van der Waals surface area contributed by atoms with Gasteiger partial charge in [-0.05, 0) is 12.2 Å². The van der Waals surface area contributed by atoms with E-state index < -0.39 is 48.3 Å². The molecule has 0 unspecified atom stereocenters. The summed E-state index contributed by atoms with van der Waals surface area (Å²) in [6.45, 7) is 0.531. The third-order valence-electron chi connectivity index (χ3n) is 3.07. The molecular formula is C15H23N3O8S. The highest BCUT2D eigenvalue weighted by Crippen LogP contribution is 2.06. The van der Waals surface area contributed by atoms with Gasteiger partial charge >= 0.3 is 11.9 Å². The average molecular weight is 405 g/mol.